The van der Waals surface area contributed by atoms with E-state index < -0.39 is 12.4 Å². The van der Waals surface area contributed by atoms with E-state index in [4.69, 9.17) is 9.47 Å². The molecule has 0 amide bonds. The summed E-state index contributed by atoms with van der Waals surface area (Å²) in [6.45, 7) is 5.01. The van der Waals surface area contributed by atoms with Gasteiger partial charge in [-0.1, -0.05) is 6.07 Å². The maximum absolute atomic E-state index is 11.0. The van der Waals surface area contributed by atoms with Crippen molar-refractivity contribution in [2.24, 2.45) is 0 Å². The van der Waals surface area contributed by atoms with Gasteiger partial charge in [0.1, 0.15) is 12.1 Å². The first kappa shape index (κ1) is 15.7. The molecule has 0 radical (unpaired) electrons. The Bertz CT molecular complexity index is 705. The Balaban J connectivity index is 1.55. The van der Waals surface area contributed by atoms with E-state index in [1.807, 2.05) is 42.9 Å². The molecule has 0 saturated carbocycles. The highest BCUT2D eigenvalue weighted by Crippen LogP contribution is 2.36. The standard InChI is InChI=1S/C17H22N4O3/c1-10-6-11(2)21(20-10)15-16(22)14(13-9-23-17(15)24-13)19-8-12-4-3-5-18-7-12/h3-7,13-17,19,22H,8-9H2,1-2H3/t13-,14-,15-,16+,17-/m1/s1. The van der Waals surface area contributed by atoms with Gasteiger partial charge in [0, 0.05) is 24.6 Å². The Hall–Kier alpha value is -1.80. The van der Waals surface area contributed by atoms with Gasteiger partial charge >= 0.3 is 0 Å². The number of nitrogens with zero attached hydrogens (tertiary/aromatic N) is 3. The van der Waals surface area contributed by atoms with Crippen LogP contribution in [0.1, 0.15) is 23.0 Å². The van der Waals surface area contributed by atoms with Crippen LogP contribution in [0, 0.1) is 13.8 Å². The quantitative estimate of drug-likeness (QED) is 0.859. The lowest BCUT2D eigenvalue weighted by Crippen LogP contribution is -2.57. The highest BCUT2D eigenvalue weighted by atomic mass is 16.7. The van der Waals surface area contributed by atoms with Crippen LogP contribution in [-0.4, -0.2) is 51.0 Å². The van der Waals surface area contributed by atoms with Crippen LogP contribution in [0.4, 0.5) is 0 Å². The molecule has 2 aliphatic heterocycles. The second-order valence-electron chi connectivity index (χ2n) is 6.50. The lowest BCUT2D eigenvalue weighted by atomic mass is 9.95. The first-order valence-electron chi connectivity index (χ1n) is 8.23. The molecule has 7 heteroatoms. The van der Waals surface area contributed by atoms with Crippen molar-refractivity contribution in [3.05, 3.63) is 47.5 Å². The maximum atomic E-state index is 11.0. The van der Waals surface area contributed by atoms with Gasteiger partial charge in [-0.3, -0.25) is 9.67 Å². The predicted molar refractivity (Wildman–Crippen MR) is 86.2 cm³/mol. The molecule has 2 fully saturated rings. The number of fused-ring (bicyclic) bond motifs is 2. The monoisotopic (exact) mass is 330 g/mol. The van der Waals surface area contributed by atoms with Gasteiger partial charge in [0.05, 0.1) is 24.4 Å². The van der Waals surface area contributed by atoms with Gasteiger partial charge in [-0.2, -0.15) is 5.10 Å². The van der Waals surface area contributed by atoms with Crippen LogP contribution in [0.25, 0.3) is 0 Å². The summed E-state index contributed by atoms with van der Waals surface area (Å²) in [6, 6.07) is 5.31. The van der Waals surface area contributed by atoms with E-state index in [1.165, 1.54) is 0 Å². The van der Waals surface area contributed by atoms with E-state index >= 15 is 0 Å². The number of pyridine rings is 1. The molecule has 7 nitrogen and oxygen atoms in total. The summed E-state index contributed by atoms with van der Waals surface area (Å²) in [5.41, 5.74) is 2.97. The third-order valence-electron chi connectivity index (χ3n) is 4.72. The van der Waals surface area contributed by atoms with E-state index in [0.717, 1.165) is 17.0 Å². The zero-order chi connectivity index (χ0) is 16.7. The number of ether oxygens (including phenoxy) is 2. The molecule has 2 aliphatic rings. The molecule has 2 bridgehead atoms. The Morgan fingerprint density at radius 2 is 2.29 bits per heavy atom. The van der Waals surface area contributed by atoms with Crippen molar-refractivity contribution in [2.45, 2.75) is 51.0 Å². The average molecular weight is 330 g/mol. The summed E-state index contributed by atoms with van der Waals surface area (Å²) in [6.07, 6.45) is 2.30. The normalized spacial score (nSPS) is 32.2. The summed E-state index contributed by atoms with van der Waals surface area (Å²) in [5.74, 6) is 0. The maximum Gasteiger partial charge on any atom is 0.183 e. The van der Waals surface area contributed by atoms with Gasteiger partial charge in [-0.15, -0.1) is 0 Å². The highest BCUT2D eigenvalue weighted by Gasteiger charge is 2.51. The SMILES string of the molecule is Cc1cc(C)n([C@H]2[C@@H]3OC[C@@H](O3)[C@@H](NCc3cccnc3)[C@@H]2O)n1. The molecule has 0 aromatic carbocycles. The van der Waals surface area contributed by atoms with Crippen LogP contribution in [0.15, 0.2) is 30.6 Å². The van der Waals surface area contributed by atoms with Gasteiger partial charge in [-0.05, 0) is 31.5 Å². The van der Waals surface area contributed by atoms with E-state index in [-0.39, 0.29) is 18.2 Å². The first-order chi connectivity index (χ1) is 11.6. The van der Waals surface area contributed by atoms with Crippen molar-refractivity contribution in [1.82, 2.24) is 20.1 Å². The summed E-state index contributed by atoms with van der Waals surface area (Å²) >= 11 is 0. The van der Waals surface area contributed by atoms with Crippen LogP contribution in [0.2, 0.25) is 0 Å². The van der Waals surface area contributed by atoms with Crippen LogP contribution >= 0.6 is 0 Å². The van der Waals surface area contributed by atoms with E-state index in [0.29, 0.717) is 13.2 Å². The van der Waals surface area contributed by atoms with Crippen molar-refractivity contribution < 1.29 is 14.6 Å². The molecular formula is C17H22N4O3. The van der Waals surface area contributed by atoms with Crippen LogP contribution in [0.5, 0.6) is 0 Å². The molecule has 2 aromatic rings. The molecule has 2 N–H and O–H groups in total. The van der Waals surface area contributed by atoms with Gasteiger partial charge in [0.15, 0.2) is 6.29 Å². The minimum atomic E-state index is -0.647. The number of aromatic nitrogens is 3. The summed E-state index contributed by atoms with van der Waals surface area (Å²) in [4.78, 5) is 4.12. The molecule has 0 unspecified atom stereocenters. The molecule has 2 aromatic heterocycles. The lowest BCUT2D eigenvalue weighted by molar-refractivity contribution is -0.168. The minimum absolute atomic E-state index is 0.158. The van der Waals surface area contributed by atoms with Crippen LogP contribution in [0.3, 0.4) is 0 Å². The fourth-order valence-electron chi connectivity index (χ4n) is 3.60. The first-order valence-corrected chi connectivity index (χ1v) is 8.23. The smallest absolute Gasteiger partial charge is 0.183 e. The van der Waals surface area contributed by atoms with Gasteiger partial charge in [-0.25, -0.2) is 0 Å². The number of aliphatic hydroxyl groups is 1. The van der Waals surface area contributed by atoms with Gasteiger partial charge in [0.25, 0.3) is 0 Å². The number of aliphatic hydroxyl groups excluding tert-OH is 1. The number of hydrogen-bond donors (Lipinski definition) is 2. The Morgan fingerprint density at radius 3 is 3.00 bits per heavy atom. The average Bonchev–Trinajstić information content (AvgIpc) is 3.13. The van der Waals surface area contributed by atoms with Crippen molar-refractivity contribution in [1.29, 1.82) is 0 Å². The van der Waals surface area contributed by atoms with Crippen molar-refractivity contribution in [2.75, 3.05) is 6.61 Å². The number of aryl methyl sites for hydroxylation is 2. The fraction of sp³-hybridized carbons (Fsp3) is 0.529. The van der Waals surface area contributed by atoms with Crippen LogP contribution < -0.4 is 5.32 Å². The second kappa shape index (κ2) is 6.25. The van der Waals surface area contributed by atoms with Gasteiger partial charge in [0.2, 0.25) is 0 Å². The Labute approximate surface area is 140 Å². The topological polar surface area (TPSA) is 81.4 Å². The predicted octanol–water partition coefficient (Wildman–Crippen LogP) is 0.710. The van der Waals surface area contributed by atoms with E-state index in [9.17, 15) is 5.11 Å². The van der Waals surface area contributed by atoms with Gasteiger partial charge < -0.3 is 19.9 Å². The van der Waals surface area contributed by atoms with Crippen molar-refractivity contribution in [3.63, 3.8) is 0 Å². The molecule has 24 heavy (non-hydrogen) atoms. The molecule has 4 rings (SSSR count). The Kier molecular flexibility index (Phi) is 4.09. The summed E-state index contributed by atoms with van der Waals surface area (Å²) in [5, 5.41) is 18.9. The zero-order valence-electron chi connectivity index (χ0n) is 13.8. The number of hydrogen-bond acceptors (Lipinski definition) is 6. The Morgan fingerprint density at radius 1 is 1.42 bits per heavy atom. The lowest BCUT2D eigenvalue weighted by Gasteiger charge is -2.39. The molecule has 0 aliphatic carbocycles. The summed E-state index contributed by atoms with van der Waals surface area (Å²) < 4.78 is 13.6. The van der Waals surface area contributed by atoms with E-state index in [1.54, 1.807) is 6.20 Å². The minimum Gasteiger partial charge on any atom is -0.389 e. The number of nitrogens with one attached hydrogen (secondary N) is 1. The zero-order valence-corrected chi connectivity index (χ0v) is 13.8. The highest BCUT2D eigenvalue weighted by molar-refractivity contribution is 5.12. The molecule has 2 saturated heterocycles. The molecule has 5 atom stereocenters. The second-order valence-corrected chi connectivity index (χ2v) is 6.50. The molecule has 128 valence electrons. The van der Waals surface area contributed by atoms with Crippen LogP contribution in [-0.2, 0) is 16.0 Å². The largest absolute Gasteiger partial charge is 0.389 e. The molecular weight excluding hydrogens is 308 g/mol. The summed E-state index contributed by atoms with van der Waals surface area (Å²) in [7, 11) is 0. The van der Waals surface area contributed by atoms with E-state index in [2.05, 4.69) is 15.4 Å². The van der Waals surface area contributed by atoms with Crippen molar-refractivity contribution in [3.8, 4) is 0 Å². The molecule has 4 heterocycles. The number of rotatable bonds is 4. The fourth-order valence-corrected chi connectivity index (χ4v) is 3.60. The third kappa shape index (κ3) is 2.73. The van der Waals surface area contributed by atoms with Crippen molar-refractivity contribution >= 4 is 0 Å². The third-order valence-corrected chi connectivity index (χ3v) is 4.72. The molecule has 0 spiro atoms.